The first-order valence-corrected chi connectivity index (χ1v) is 32.0. The van der Waals surface area contributed by atoms with Gasteiger partial charge in [-0.2, -0.15) is 19.2 Å². The van der Waals surface area contributed by atoms with Crippen molar-refractivity contribution in [1.29, 1.82) is 0 Å². The maximum atomic E-state index is 13.9. The second-order valence-corrected chi connectivity index (χ2v) is 25.5. The lowest BCUT2D eigenvalue weighted by Gasteiger charge is -2.35. The van der Waals surface area contributed by atoms with Crippen LogP contribution in [0.1, 0.15) is 121 Å². The molecule has 6 fully saturated rings. The lowest BCUT2D eigenvalue weighted by molar-refractivity contribution is 0.0600. The van der Waals surface area contributed by atoms with Crippen molar-refractivity contribution in [2.45, 2.75) is 89.1 Å². The van der Waals surface area contributed by atoms with Crippen LogP contribution in [0, 0.1) is 0 Å². The number of carbonyl (C=O) groups excluding carboxylic acids is 2. The van der Waals surface area contributed by atoms with E-state index in [9.17, 15) is 26.4 Å². The number of piperidine rings is 2. The van der Waals surface area contributed by atoms with Gasteiger partial charge in [-0.15, -0.1) is 12.4 Å². The molecule has 6 saturated heterocycles. The van der Waals surface area contributed by atoms with Crippen LogP contribution in [-0.2, 0) is 20.0 Å². The van der Waals surface area contributed by atoms with Crippen LogP contribution in [0.5, 0.6) is 0 Å². The first-order valence-electron chi connectivity index (χ1n) is 27.1. The van der Waals surface area contributed by atoms with Crippen LogP contribution in [0.3, 0.4) is 0 Å². The minimum absolute atomic E-state index is 0. The molecule has 6 aliphatic rings. The molecule has 6 aromatic rings. The number of fused-ring (bicyclic) bond motifs is 2. The standard InChI is InChI=1S/C26H33ClN8O3S.C23H27Cl2N7O3S.C3H7N.ClH/c1-39(37,38)31-20-9-8-18(27)15-19(20)26(36)33-13-4-2-7-22(33)21-16-24-29-23(32-11-6-12-32)17-25(35(24)30-21)34-14-5-3-10-28-34;1-36(34,35)29-17-8-7-15(24)12-16(17)23(33)30-10-4-2-6-19(30)18-13-21-27-20(25)14-22(32(21)28-18)31-11-5-3-9-26-31;1-2-4-3-1;/h8-9,15-17,22,28,31H,2-7,10-14H2,1H3;7-8,12-14,19,26,29H,2-6,9-11H2,1H3;4H,1-3H2;1H/t22-;19-;;/m00../s1. The Balaban J connectivity index is 0.000000179. The summed E-state index contributed by atoms with van der Waals surface area (Å²) in [6, 6.07) is 16.3. The molecule has 0 spiro atoms. The molecule has 0 radical (unpaired) electrons. The number of halogens is 4. The fourth-order valence-electron chi connectivity index (χ4n) is 10.5. The maximum absolute atomic E-state index is 13.9. The molecule has 2 amide bonds. The second kappa shape index (κ2) is 25.8. The van der Waals surface area contributed by atoms with Gasteiger partial charge in [0, 0.05) is 86.7 Å². The number of likely N-dealkylation sites (tertiary alicyclic amines) is 2. The van der Waals surface area contributed by atoms with Gasteiger partial charge >= 0.3 is 0 Å². The molecule has 6 aliphatic heterocycles. The van der Waals surface area contributed by atoms with Gasteiger partial charge in [-0.05, 0) is 127 Å². The topological polar surface area (TPSA) is 239 Å². The first-order chi connectivity index (χ1) is 38.0. The number of sulfonamides is 2. The molecule has 12 rings (SSSR count). The molecule has 22 nitrogen and oxygen atoms in total. The average molecular weight is 1220 g/mol. The summed E-state index contributed by atoms with van der Waals surface area (Å²) < 4.78 is 56.3. The Bertz CT molecular complexity index is 3420. The van der Waals surface area contributed by atoms with Gasteiger partial charge in [0.25, 0.3) is 11.8 Å². The molecule has 0 aliphatic carbocycles. The van der Waals surface area contributed by atoms with E-state index in [4.69, 9.17) is 50.0 Å². The van der Waals surface area contributed by atoms with Crippen molar-refractivity contribution in [3.05, 3.63) is 98.4 Å². The highest BCUT2D eigenvalue weighted by Crippen LogP contribution is 2.38. The molecule has 10 heterocycles. The van der Waals surface area contributed by atoms with Gasteiger partial charge in [0.1, 0.15) is 22.6 Å². The number of nitrogens with zero attached hydrogens (tertiary/aromatic N) is 11. The molecule has 80 heavy (non-hydrogen) atoms. The lowest BCUT2D eigenvalue weighted by Crippen LogP contribution is -2.45. The Morgan fingerprint density at radius 3 is 1.41 bits per heavy atom. The molecule has 432 valence electrons. The van der Waals surface area contributed by atoms with Crippen LogP contribution in [0.2, 0.25) is 15.2 Å². The smallest absolute Gasteiger partial charge is 0.256 e. The van der Waals surface area contributed by atoms with Crippen molar-refractivity contribution in [1.82, 2.24) is 55.2 Å². The maximum Gasteiger partial charge on any atom is 0.256 e. The molecule has 2 atom stereocenters. The van der Waals surface area contributed by atoms with Crippen LogP contribution < -0.4 is 40.5 Å². The van der Waals surface area contributed by atoms with Gasteiger partial charge in [-0.1, -0.05) is 34.8 Å². The van der Waals surface area contributed by atoms with Crippen molar-refractivity contribution in [3.63, 3.8) is 0 Å². The molecular weight excluding hydrogens is 1150 g/mol. The molecule has 2 aromatic carbocycles. The molecule has 0 unspecified atom stereocenters. The lowest BCUT2D eigenvalue weighted by atomic mass is 9.98. The summed E-state index contributed by atoms with van der Waals surface area (Å²) in [5.41, 5.74) is 10.5. The third-order valence-corrected chi connectivity index (χ3v) is 16.5. The zero-order chi connectivity index (χ0) is 55.4. The van der Waals surface area contributed by atoms with E-state index in [1.807, 2.05) is 21.7 Å². The number of aromatic nitrogens is 6. The van der Waals surface area contributed by atoms with Gasteiger partial charge < -0.3 is 20.0 Å². The number of rotatable bonds is 11. The summed E-state index contributed by atoms with van der Waals surface area (Å²) in [6.07, 6.45) is 14.1. The fourth-order valence-corrected chi connectivity index (χ4v) is 12.2. The summed E-state index contributed by atoms with van der Waals surface area (Å²) in [5, 5.41) is 18.2. The Morgan fingerprint density at radius 2 is 1.00 bits per heavy atom. The number of carbonyl (C=O) groups is 2. The Kier molecular flexibility index (Phi) is 19.1. The van der Waals surface area contributed by atoms with Gasteiger partial charge in [-0.3, -0.25) is 29.1 Å². The van der Waals surface area contributed by atoms with Crippen LogP contribution in [0.4, 0.5) is 28.8 Å². The normalized spacial score (nSPS) is 19.6. The number of anilines is 5. The van der Waals surface area contributed by atoms with E-state index in [1.54, 1.807) is 32.5 Å². The zero-order valence-electron chi connectivity index (χ0n) is 44.7. The number of amides is 2. The minimum Gasteiger partial charge on any atom is -0.356 e. The van der Waals surface area contributed by atoms with Gasteiger partial charge in [0.2, 0.25) is 20.0 Å². The van der Waals surface area contributed by atoms with Crippen LogP contribution in [0.25, 0.3) is 11.3 Å². The quantitative estimate of drug-likeness (QED) is 0.0781. The molecule has 28 heteroatoms. The minimum atomic E-state index is -3.59. The molecule has 0 bridgehead atoms. The highest BCUT2D eigenvalue weighted by atomic mass is 35.5. The average Bonchev–Trinajstić information content (AvgIpc) is 4.03. The zero-order valence-corrected chi connectivity index (χ0v) is 49.4. The van der Waals surface area contributed by atoms with Crippen LogP contribution in [0.15, 0.2) is 60.7 Å². The van der Waals surface area contributed by atoms with Crippen LogP contribution in [-0.4, -0.2) is 146 Å². The highest BCUT2D eigenvalue weighted by Gasteiger charge is 2.35. The van der Waals surface area contributed by atoms with Crippen molar-refractivity contribution in [2.24, 2.45) is 0 Å². The van der Waals surface area contributed by atoms with Gasteiger partial charge in [-0.25, -0.2) is 37.7 Å². The Hall–Kier alpha value is -5.44. The van der Waals surface area contributed by atoms with E-state index in [1.165, 1.54) is 43.8 Å². The number of hydrogen-bond acceptors (Lipinski definition) is 16. The number of hydrogen-bond donors (Lipinski definition) is 5. The number of nitrogens with one attached hydrogen (secondary N) is 5. The Labute approximate surface area is 487 Å². The van der Waals surface area contributed by atoms with Crippen molar-refractivity contribution in [3.8, 4) is 0 Å². The summed E-state index contributed by atoms with van der Waals surface area (Å²) in [4.78, 5) is 42.9. The predicted molar refractivity (Wildman–Crippen MR) is 317 cm³/mol. The van der Waals surface area contributed by atoms with Crippen molar-refractivity contribution < 1.29 is 26.4 Å². The summed E-state index contributed by atoms with van der Waals surface area (Å²) in [7, 11) is -7.18. The second-order valence-electron chi connectivity index (χ2n) is 20.7. The Morgan fingerprint density at radius 1 is 0.550 bits per heavy atom. The molecular formula is C52H68Cl4N16O6S2. The van der Waals surface area contributed by atoms with Crippen molar-refractivity contribution in [2.75, 3.05) is 102 Å². The van der Waals surface area contributed by atoms with E-state index in [-0.39, 0.29) is 58.8 Å². The third-order valence-electron chi connectivity index (χ3n) is 14.7. The fraction of sp³-hybridized carbons (Fsp3) is 0.500. The van der Waals surface area contributed by atoms with E-state index in [0.29, 0.717) is 39.6 Å². The highest BCUT2D eigenvalue weighted by molar-refractivity contribution is 7.92. The SMILES string of the molecule is C1CNC1.CS(=O)(=O)Nc1ccc(Cl)cc1C(=O)N1CCCC[C@H]1c1cc2nc(Cl)cc(N3CCCCN3)n2n1.CS(=O)(=O)Nc1ccc(Cl)cc1C(=O)N1CCCC[C@H]1c1cc2nc(N3CCC3)cc(N3CCCCN3)n2n1.Cl. The summed E-state index contributed by atoms with van der Waals surface area (Å²) in [6.45, 7) is 9.01. The summed E-state index contributed by atoms with van der Waals surface area (Å²) in [5.74, 6) is 2.08. The van der Waals surface area contributed by atoms with E-state index in [0.717, 1.165) is 151 Å². The van der Waals surface area contributed by atoms with E-state index in [2.05, 4.69) is 46.6 Å². The van der Waals surface area contributed by atoms with E-state index < -0.39 is 20.0 Å². The van der Waals surface area contributed by atoms with Gasteiger partial charge in [0.05, 0.1) is 58.5 Å². The monoisotopic (exact) mass is 1220 g/mol. The van der Waals surface area contributed by atoms with Gasteiger partial charge in [0.15, 0.2) is 11.3 Å². The number of benzene rings is 2. The predicted octanol–water partition coefficient (Wildman–Crippen LogP) is 7.72. The summed E-state index contributed by atoms with van der Waals surface area (Å²) >= 11 is 18.8. The molecule has 0 saturated carbocycles. The van der Waals surface area contributed by atoms with Crippen molar-refractivity contribution >= 4 is 119 Å². The largest absolute Gasteiger partial charge is 0.356 e. The van der Waals surface area contributed by atoms with E-state index >= 15 is 0 Å². The molecule has 4 aromatic heterocycles. The van der Waals surface area contributed by atoms with Crippen LogP contribution >= 0.6 is 47.2 Å². The number of hydrazine groups is 2. The molecule has 5 N–H and O–H groups in total. The third kappa shape index (κ3) is 14.1. The first kappa shape index (κ1) is 59.2.